The average Bonchev–Trinajstić information content (AvgIpc) is 3.21. The first kappa shape index (κ1) is 17.5. The summed E-state index contributed by atoms with van der Waals surface area (Å²) in [5, 5.41) is 10.5. The van der Waals surface area contributed by atoms with Crippen LogP contribution in [-0.4, -0.2) is 20.6 Å². The predicted molar refractivity (Wildman–Crippen MR) is 97.4 cm³/mol. The molecule has 138 valence electrons. The van der Waals surface area contributed by atoms with Crippen molar-refractivity contribution in [1.82, 2.24) is 9.55 Å². The molecule has 0 fully saturated rings. The molecule has 0 saturated heterocycles. The summed E-state index contributed by atoms with van der Waals surface area (Å²) in [7, 11) is 0. The van der Waals surface area contributed by atoms with Gasteiger partial charge in [0, 0.05) is 16.6 Å². The number of nitrogens with zero attached hydrogens (tertiary/aromatic N) is 2. The fraction of sp³-hybridized carbons (Fsp3) is 0.158. The minimum Gasteiger partial charge on any atom is -0.480 e. The molecule has 0 saturated carbocycles. The summed E-state index contributed by atoms with van der Waals surface area (Å²) >= 11 is 1.03. The zero-order valence-corrected chi connectivity index (χ0v) is 14.9. The van der Waals surface area contributed by atoms with Gasteiger partial charge in [-0.2, -0.15) is 0 Å². The van der Waals surface area contributed by atoms with Crippen molar-refractivity contribution in [3.05, 3.63) is 53.5 Å². The van der Waals surface area contributed by atoms with E-state index in [-0.39, 0.29) is 16.8 Å². The molecule has 0 bridgehead atoms. The number of carboxylic acid groups (broad SMARTS) is 1. The average molecular weight is 390 g/mol. The van der Waals surface area contributed by atoms with Crippen LogP contribution in [-0.2, 0) is 17.8 Å². The Bertz CT molecular complexity index is 1210. The molecule has 0 aliphatic carbocycles. The van der Waals surface area contributed by atoms with Crippen molar-refractivity contribution in [1.29, 1.82) is 0 Å². The molecule has 0 atom stereocenters. The molecule has 0 unspecified atom stereocenters. The number of thiazole rings is 1. The predicted octanol–water partition coefficient (Wildman–Crippen LogP) is 4.98. The Hall–Kier alpha value is -2.87. The number of aryl methyl sites for hydroxylation is 1. The summed E-state index contributed by atoms with van der Waals surface area (Å²) in [6.07, 6.45) is 0.631. The number of halogens is 3. The number of aromatic nitrogens is 2. The van der Waals surface area contributed by atoms with Crippen LogP contribution in [0.3, 0.4) is 0 Å². The van der Waals surface area contributed by atoms with Gasteiger partial charge < -0.3 is 9.67 Å². The number of carbonyl (C=O) groups is 1. The fourth-order valence-electron chi connectivity index (χ4n) is 3.25. The Labute approximate surface area is 155 Å². The molecule has 2 heterocycles. The number of hydrogen-bond acceptors (Lipinski definition) is 3. The molecule has 4 aromatic rings. The molecule has 2 aromatic carbocycles. The third kappa shape index (κ3) is 2.76. The van der Waals surface area contributed by atoms with E-state index < -0.39 is 23.4 Å². The lowest BCUT2D eigenvalue weighted by Crippen LogP contribution is -2.11. The van der Waals surface area contributed by atoms with E-state index in [4.69, 9.17) is 0 Å². The molecule has 8 heteroatoms. The van der Waals surface area contributed by atoms with Crippen LogP contribution in [0.5, 0.6) is 0 Å². The van der Waals surface area contributed by atoms with Crippen LogP contribution in [0.1, 0.15) is 12.6 Å². The molecule has 1 N–H and O–H groups in total. The maximum atomic E-state index is 14.1. The second kappa shape index (κ2) is 6.38. The first-order chi connectivity index (χ1) is 12.9. The number of fused-ring (bicyclic) bond motifs is 2. The quantitative estimate of drug-likeness (QED) is 0.500. The van der Waals surface area contributed by atoms with E-state index in [9.17, 15) is 23.1 Å². The highest BCUT2D eigenvalue weighted by Gasteiger charge is 2.21. The Kier molecular flexibility index (Phi) is 4.15. The molecule has 0 radical (unpaired) electrons. The van der Waals surface area contributed by atoms with Gasteiger partial charge in [0.2, 0.25) is 0 Å². The van der Waals surface area contributed by atoms with Crippen molar-refractivity contribution in [2.75, 3.05) is 0 Å². The van der Waals surface area contributed by atoms with E-state index in [0.29, 0.717) is 22.5 Å². The van der Waals surface area contributed by atoms with E-state index >= 15 is 0 Å². The van der Waals surface area contributed by atoms with Gasteiger partial charge in [0.25, 0.3) is 0 Å². The summed E-state index contributed by atoms with van der Waals surface area (Å²) in [6, 6.07) is 8.19. The highest BCUT2D eigenvalue weighted by atomic mass is 32.1. The van der Waals surface area contributed by atoms with E-state index in [1.807, 2.05) is 19.1 Å². The van der Waals surface area contributed by atoms with Crippen molar-refractivity contribution in [2.24, 2.45) is 0 Å². The number of hydrogen-bond donors (Lipinski definition) is 1. The molecule has 2 aromatic heterocycles. The van der Waals surface area contributed by atoms with Crippen LogP contribution in [0, 0.1) is 17.5 Å². The van der Waals surface area contributed by atoms with E-state index in [1.165, 1.54) is 0 Å². The zero-order chi connectivity index (χ0) is 19.3. The van der Waals surface area contributed by atoms with E-state index in [1.54, 1.807) is 16.7 Å². The summed E-state index contributed by atoms with van der Waals surface area (Å²) in [6.45, 7) is 1.69. The smallest absolute Gasteiger partial charge is 0.323 e. The number of benzene rings is 2. The van der Waals surface area contributed by atoms with Gasteiger partial charge in [0.05, 0.1) is 10.2 Å². The van der Waals surface area contributed by atoms with Gasteiger partial charge in [-0.25, -0.2) is 18.2 Å². The minimum absolute atomic E-state index is 0.186. The normalized spacial score (nSPS) is 11.6. The lowest BCUT2D eigenvalue weighted by molar-refractivity contribution is -0.137. The van der Waals surface area contributed by atoms with Gasteiger partial charge >= 0.3 is 5.97 Å². The number of carboxylic acids is 1. The van der Waals surface area contributed by atoms with Crippen molar-refractivity contribution < 1.29 is 23.1 Å². The molecule has 0 aliphatic rings. The van der Waals surface area contributed by atoms with E-state index in [0.717, 1.165) is 28.5 Å². The van der Waals surface area contributed by atoms with Crippen molar-refractivity contribution in [3.8, 4) is 10.6 Å². The highest BCUT2D eigenvalue weighted by molar-refractivity contribution is 7.21. The zero-order valence-electron chi connectivity index (χ0n) is 14.1. The molecule has 27 heavy (non-hydrogen) atoms. The van der Waals surface area contributed by atoms with Crippen LogP contribution >= 0.6 is 11.3 Å². The first-order valence-corrected chi connectivity index (χ1v) is 8.99. The van der Waals surface area contributed by atoms with Gasteiger partial charge in [0.15, 0.2) is 17.5 Å². The lowest BCUT2D eigenvalue weighted by Gasteiger charge is -2.09. The Morgan fingerprint density at radius 1 is 1.22 bits per heavy atom. The van der Waals surface area contributed by atoms with Crippen LogP contribution < -0.4 is 0 Å². The summed E-state index contributed by atoms with van der Waals surface area (Å²) in [5.41, 5.74) is 1.84. The van der Waals surface area contributed by atoms with Gasteiger partial charge in [-0.05, 0) is 24.6 Å². The fourth-order valence-corrected chi connectivity index (χ4v) is 4.27. The third-order valence-corrected chi connectivity index (χ3v) is 5.45. The SMILES string of the molecule is CCc1cc2cccc(-c3nc4c(F)c(F)c(F)cc4s3)c2n1CC(=O)O. The molecule has 4 rings (SSSR count). The van der Waals surface area contributed by atoms with Crippen LogP contribution in [0.2, 0.25) is 0 Å². The Balaban J connectivity index is 2.02. The highest BCUT2D eigenvalue weighted by Crippen LogP contribution is 2.37. The molecule has 0 amide bonds. The summed E-state index contributed by atoms with van der Waals surface area (Å²) in [5.74, 6) is -5.14. The lowest BCUT2D eigenvalue weighted by atomic mass is 10.1. The molecule has 0 spiro atoms. The van der Waals surface area contributed by atoms with Crippen molar-refractivity contribution in [3.63, 3.8) is 0 Å². The summed E-state index contributed by atoms with van der Waals surface area (Å²) < 4.78 is 43.0. The van der Waals surface area contributed by atoms with Gasteiger partial charge in [-0.1, -0.05) is 19.1 Å². The van der Waals surface area contributed by atoms with Crippen molar-refractivity contribution in [2.45, 2.75) is 19.9 Å². The van der Waals surface area contributed by atoms with Gasteiger partial charge in [-0.3, -0.25) is 4.79 Å². The van der Waals surface area contributed by atoms with Crippen molar-refractivity contribution >= 4 is 38.4 Å². The van der Waals surface area contributed by atoms with Crippen LogP contribution in [0.15, 0.2) is 30.3 Å². The molecular weight excluding hydrogens is 377 g/mol. The van der Waals surface area contributed by atoms with Crippen LogP contribution in [0.4, 0.5) is 13.2 Å². The molecular formula is C19H13F3N2O2S. The van der Waals surface area contributed by atoms with Gasteiger partial charge in [-0.15, -0.1) is 11.3 Å². The van der Waals surface area contributed by atoms with Gasteiger partial charge in [0.1, 0.15) is 17.1 Å². The Morgan fingerprint density at radius 3 is 2.70 bits per heavy atom. The number of para-hydroxylation sites is 1. The maximum Gasteiger partial charge on any atom is 0.323 e. The topological polar surface area (TPSA) is 55.1 Å². The van der Waals surface area contributed by atoms with Crippen LogP contribution in [0.25, 0.3) is 31.7 Å². The van der Waals surface area contributed by atoms with E-state index in [2.05, 4.69) is 4.98 Å². The number of rotatable bonds is 4. The molecule has 4 nitrogen and oxygen atoms in total. The molecule has 0 aliphatic heterocycles. The monoisotopic (exact) mass is 390 g/mol. The Morgan fingerprint density at radius 2 is 2.00 bits per heavy atom. The first-order valence-electron chi connectivity index (χ1n) is 8.18. The summed E-state index contributed by atoms with van der Waals surface area (Å²) in [4.78, 5) is 15.5. The maximum absolute atomic E-state index is 14.1. The minimum atomic E-state index is -1.56. The third-order valence-electron chi connectivity index (χ3n) is 4.41. The largest absolute Gasteiger partial charge is 0.480 e. The second-order valence-electron chi connectivity index (χ2n) is 6.06. The standard InChI is InChI=1S/C19H13F3N2O2S/c1-2-10-6-9-4-3-5-11(18(9)24(10)8-14(25)26)19-23-17-13(27-19)7-12(20)15(21)16(17)22/h3-7H,2,8H2,1H3,(H,25,26). The second-order valence-corrected chi connectivity index (χ2v) is 7.10. The number of aliphatic carboxylic acids is 1.